The van der Waals surface area contributed by atoms with Crippen molar-refractivity contribution in [3.63, 3.8) is 0 Å². The van der Waals surface area contributed by atoms with Crippen molar-refractivity contribution in [3.8, 4) is 0 Å². The molecule has 0 bridgehead atoms. The molecule has 0 spiro atoms. The molecular formula is C9H10Br2S. The SMILES string of the molecule is CCC(=Cc1ccc(Br)s1)CBr. The van der Waals surface area contributed by atoms with Gasteiger partial charge in [0, 0.05) is 10.2 Å². The smallest absolute Gasteiger partial charge is 0.0704 e. The van der Waals surface area contributed by atoms with E-state index in [0.717, 1.165) is 11.8 Å². The van der Waals surface area contributed by atoms with Crippen LogP contribution < -0.4 is 0 Å². The fourth-order valence-corrected chi connectivity index (χ4v) is 2.82. The summed E-state index contributed by atoms with van der Waals surface area (Å²) in [6, 6.07) is 4.21. The highest BCUT2D eigenvalue weighted by molar-refractivity contribution is 9.11. The van der Waals surface area contributed by atoms with E-state index in [1.54, 1.807) is 11.3 Å². The first-order chi connectivity index (χ1) is 5.76. The maximum absolute atomic E-state index is 3.46. The van der Waals surface area contributed by atoms with Crippen LogP contribution in [0.25, 0.3) is 6.08 Å². The van der Waals surface area contributed by atoms with Crippen LogP contribution in [0.1, 0.15) is 18.2 Å². The number of alkyl halides is 1. The number of thiophene rings is 1. The fourth-order valence-electron chi connectivity index (χ4n) is 0.842. The molecule has 0 aliphatic carbocycles. The predicted molar refractivity (Wildman–Crippen MR) is 64.1 cm³/mol. The van der Waals surface area contributed by atoms with Crippen molar-refractivity contribution in [3.05, 3.63) is 26.4 Å². The van der Waals surface area contributed by atoms with Gasteiger partial charge in [-0.15, -0.1) is 11.3 Å². The maximum atomic E-state index is 3.46. The molecule has 0 saturated carbocycles. The first-order valence-corrected chi connectivity index (χ1v) is 6.50. The van der Waals surface area contributed by atoms with Crippen LogP contribution in [0.3, 0.4) is 0 Å². The molecule has 1 aromatic rings. The predicted octanol–water partition coefficient (Wildman–Crippen LogP) is 4.70. The zero-order chi connectivity index (χ0) is 8.97. The fraction of sp³-hybridized carbons (Fsp3) is 0.333. The molecule has 0 fully saturated rings. The van der Waals surface area contributed by atoms with E-state index < -0.39 is 0 Å². The summed E-state index contributed by atoms with van der Waals surface area (Å²) in [4.78, 5) is 1.32. The summed E-state index contributed by atoms with van der Waals surface area (Å²) in [7, 11) is 0. The molecule has 0 saturated heterocycles. The average Bonchev–Trinajstić information content (AvgIpc) is 2.47. The van der Waals surface area contributed by atoms with Gasteiger partial charge in [-0.3, -0.25) is 0 Å². The topological polar surface area (TPSA) is 0 Å². The van der Waals surface area contributed by atoms with E-state index in [4.69, 9.17) is 0 Å². The average molecular weight is 310 g/mol. The lowest BCUT2D eigenvalue weighted by molar-refractivity contribution is 1.13. The normalized spacial score (nSPS) is 12.1. The maximum Gasteiger partial charge on any atom is 0.0704 e. The van der Waals surface area contributed by atoms with Crippen LogP contribution in [0.4, 0.5) is 0 Å². The highest BCUT2D eigenvalue weighted by Crippen LogP contribution is 2.24. The molecule has 66 valence electrons. The molecule has 3 heteroatoms. The van der Waals surface area contributed by atoms with Gasteiger partial charge in [-0.05, 0) is 40.6 Å². The third-order valence-electron chi connectivity index (χ3n) is 1.57. The van der Waals surface area contributed by atoms with E-state index in [-0.39, 0.29) is 0 Å². The van der Waals surface area contributed by atoms with E-state index >= 15 is 0 Å². The monoisotopic (exact) mass is 308 g/mol. The van der Waals surface area contributed by atoms with Gasteiger partial charge in [0.05, 0.1) is 3.79 Å². The Morgan fingerprint density at radius 3 is 2.75 bits per heavy atom. The second-order valence-electron chi connectivity index (χ2n) is 2.43. The summed E-state index contributed by atoms with van der Waals surface area (Å²) in [6.07, 6.45) is 3.35. The van der Waals surface area contributed by atoms with Crippen molar-refractivity contribution >= 4 is 49.3 Å². The van der Waals surface area contributed by atoms with Crippen molar-refractivity contribution in [2.24, 2.45) is 0 Å². The molecule has 12 heavy (non-hydrogen) atoms. The molecule has 0 atom stereocenters. The molecular weight excluding hydrogens is 300 g/mol. The van der Waals surface area contributed by atoms with Gasteiger partial charge in [-0.25, -0.2) is 0 Å². The largest absolute Gasteiger partial charge is 0.129 e. The van der Waals surface area contributed by atoms with Gasteiger partial charge in [-0.1, -0.05) is 28.4 Å². The Morgan fingerprint density at radius 1 is 1.58 bits per heavy atom. The van der Waals surface area contributed by atoms with Crippen LogP contribution in [-0.2, 0) is 0 Å². The summed E-state index contributed by atoms with van der Waals surface area (Å²) in [5.41, 5.74) is 1.43. The van der Waals surface area contributed by atoms with Gasteiger partial charge in [0.15, 0.2) is 0 Å². The van der Waals surface area contributed by atoms with Crippen molar-refractivity contribution in [1.82, 2.24) is 0 Å². The molecule has 0 amide bonds. The van der Waals surface area contributed by atoms with Crippen LogP contribution in [0.2, 0.25) is 0 Å². The van der Waals surface area contributed by atoms with Gasteiger partial charge in [0.1, 0.15) is 0 Å². The zero-order valence-corrected chi connectivity index (χ0v) is 10.8. The summed E-state index contributed by atoms with van der Waals surface area (Å²) in [5, 5.41) is 0.971. The summed E-state index contributed by atoms with van der Waals surface area (Å²) in [6.45, 7) is 2.18. The summed E-state index contributed by atoms with van der Waals surface area (Å²) < 4.78 is 1.19. The lowest BCUT2D eigenvalue weighted by atomic mass is 10.2. The van der Waals surface area contributed by atoms with Gasteiger partial charge in [-0.2, -0.15) is 0 Å². The Kier molecular flexibility index (Phi) is 4.54. The molecule has 1 rings (SSSR count). The van der Waals surface area contributed by atoms with Gasteiger partial charge in [0.25, 0.3) is 0 Å². The first kappa shape index (κ1) is 10.5. The number of rotatable bonds is 3. The molecule has 0 aliphatic heterocycles. The van der Waals surface area contributed by atoms with E-state index in [9.17, 15) is 0 Å². The minimum absolute atomic E-state index is 0.971. The third-order valence-corrected chi connectivity index (χ3v) is 3.86. The number of hydrogen-bond donors (Lipinski definition) is 0. The molecule has 0 radical (unpaired) electrons. The van der Waals surface area contributed by atoms with Crippen molar-refractivity contribution in [2.45, 2.75) is 13.3 Å². The highest BCUT2D eigenvalue weighted by Gasteiger charge is 1.96. The van der Waals surface area contributed by atoms with Crippen LogP contribution in [0, 0.1) is 0 Å². The zero-order valence-electron chi connectivity index (χ0n) is 6.81. The number of hydrogen-bond acceptors (Lipinski definition) is 1. The minimum Gasteiger partial charge on any atom is -0.129 e. The summed E-state index contributed by atoms with van der Waals surface area (Å²) >= 11 is 8.67. The van der Waals surface area contributed by atoms with E-state index in [1.165, 1.54) is 14.2 Å². The Hall–Kier alpha value is 0.400. The molecule has 0 aromatic carbocycles. The van der Waals surface area contributed by atoms with E-state index in [2.05, 4.69) is 57.0 Å². The molecule has 0 N–H and O–H groups in total. The molecule has 0 nitrogen and oxygen atoms in total. The molecule has 0 aliphatic rings. The third kappa shape index (κ3) is 3.04. The standard InChI is InChI=1S/C9H10Br2S/c1-2-7(6-10)5-8-3-4-9(11)12-8/h3-5H,2,6H2,1H3. The Balaban J connectivity index is 2.78. The van der Waals surface area contributed by atoms with E-state index in [1.807, 2.05) is 0 Å². The second kappa shape index (κ2) is 5.20. The van der Waals surface area contributed by atoms with Crippen molar-refractivity contribution in [2.75, 3.05) is 5.33 Å². The lowest BCUT2D eigenvalue weighted by Gasteiger charge is -1.95. The Bertz CT molecular complexity index is 270. The molecule has 0 unspecified atom stereocenters. The van der Waals surface area contributed by atoms with Gasteiger partial charge < -0.3 is 0 Å². The summed E-state index contributed by atoms with van der Waals surface area (Å²) in [5.74, 6) is 0. The van der Waals surface area contributed by atoms with Gasteiger partial charge in [0.2, 0.25) is 0 Å². The number of halogens is 2. The van der Waals surface area contributed by atoms with Crippen molar-refractivity contribution < 1.29 is 0 Å². The Labute approximate surface area is 93.9 Å². The van der Waals surface area contributed by atoms with Crippen LogP contribution in [-0.4, -0.2) is 5.33 Å². The lowest BCUT2D eigenvalue weighted by Crippen LogP contribution is -1.79. The molecule has 1 aromatic heterocycles. The van der Waals surface area contributed by atoms with Crippen LogP contribution in [0.5, 0.6) is 0 Å². The van der Waals surface area contributed by atoms with E-state index in [0.29, 0.717) is 0 Å². The van der Waals surface area contributed by atoms with Crippen molar-refractivity contribution in [1.29, 1.82) is 0 Å². The first-order valence-electron chi connectivity index (χ1n) is 3.77. The Morgan fingerprint density at radius 2 is 2.33 bits per heavy atom. The highest BCUT2D eigenvalue weighted by atomic mass is 79.9. The quantitative estimate of drug-likeness (QED) is 0.710. The minimum atomic E-state index is 0.971. The molecule has 1 heterocycles. The van der Waals surface area contributed by atoms with Crippen LogP contribution in [0.15, 0.2) is 21.5 Å². The van der Waals surface area contributed by atoms with Crippen LogP contribution >= 0.6 is 43.2 Å². The second-order valence-corrected chi connectivity index (χ2v) is 5.49. The number of allylic oxidation sites excluding steroid dienone is 1. The van der Waals surface area contributed by atoms with Gasteiger partial charge >= 0.3 is 0 Å².